The highest BCUT2D eigenvalue weighted by Gasteiger charge is 2.08. The predicted octanol–water partition coefficient (Wildman–Crippen LogP) is 4.75. The van der Waals surface area contributed by atoms with Gasteiger partial charge in [0, 0.05) is 12.6 Å². The molecule has 140 valence electrons. The Hall–Kier alpha value is -0.770. The average Bonchev–Trinajstić information content (AvgIpc) is 2.55. The lowest BCUT2D eigenvalue weighted by Crippen LogP contribution is -2.34. The molecule has 0 saturated heterocycles. The number of rotatable bonds is 13. The van der Waals surface area contributed by atoms with Gasteiger partial charge in [-0.1, -0.05) is 51.7 Å². The fourth-order valence-corrected chi connectivity index (χ4v) is 2.54. The summed E-state index contributed by atoms with van der Waals surface area (Å²) < 4.78 is 5.66. The van der Waals surface area contributed by atoms with Crippen LogP contribution in [0.3, 0.4) is 0 Å². The van der Waals surface area contributed by atoms with Crippen molar-refractivity contribution in [2.24, 2.45) is 0 Å². The zero-order valence-corrected chi connectivity index (χ0v) is 16.4. The van der Waals surface area contributed by atoms with Crippen LogP contribution in [0.2, 0.25) is 0 Å². The fourth-order valence-electron chi connectivity index (χ4n) is 2.54. The zero-order valence-electron chi connectivity index (χ0n) is 15.6. The van der Waals surface area contributed by atoms with E-state index in [1.54, 1.807) is 0 Å². The van der Waals surface area contributed by atoms with E-state index in [4.69, 9.17) is 4.74 Å². The SMILES string of the molecule is CCCCCC(C)NCC(O)Cc1ccc(OCCCC)cc1.Cl. The Morgan fingerprint density at radius 1 is 1.04 bits per heavy atom. The first-order valence-electron chi connectivity index (χ1n) is 9.28. The third kappa shape index (κ3) is 10.9. The summed E-state index contributed by atoms with van der Waals surface area (Å²) in [5.41, 5.74) is 1.15. The second-order valence-electron chi connectivity index (χ2n) is 6.51. The molecule has 1 rings (SSSR count). The summed E-state index contributed by atoms with van der Waals surface area (Å²) in [5.74, 6) is 0.916. The number of hydrogen-bond acceptors (Lipinski definition) is 3. The maximum Gasteiger partial charge on any atom is 0.119 e. The highest BCUT2D eigenvalue weighted by atomic mass is 35.5. The minimum absolute atomic E-state index is 0. The molecule has 4 heteroatoms. The minimum atomic E-state index is -0.338. The smallest absolute Gasteiger partial charge is 0.119 e. The quantitative estimate of drug-likeness (QED) is 0.500. The van der Waals surface area contributed by atoms with Gasteiger partial charge in [0.2, 0.25) is 0 Å². The van der Waals surface area contributed by atoms with Crippen molar-refractivity contribution < 1.29 is 9.84 Å². The summed E-state index contributed by atoms with van der Waals surface area (Å²) in [6.07, 6.45) is 7.58. The molecule has 0 aliphatic heterocycles. The normalized spacial score (nSPS) is 13.2. The lowest BCUT2D eigenvalue weighted by Gasteiger charge is -2.17. The van der Waals surface area contributed by atoms with Gasteiger partial charge in [0.25, 0.3) is 0 Å². The van der Waals surface area contributed by atoms with Crippen molar-refractivity contribution in [3.8, 4) is 5.75 Å². The van der Waals surface area contributed by atoms with E-state index in [9.17, 15) is 5.11 Å². The molecule has 3 nitrogen and oxygen atoms in total. The van der Waals surface area contributed by atoms with Gasteiger partial charge >= 0.3 is 0 Å². The molecule has 0 radical (unpaired) electrons. The molecule has 1 aromatic rings. The highest BCUT2D eigenvalue weighted by Crippen LogP contribution is 2.14. The molecule has 1 aromatic carbocycles. The zero-order chi connectivity index (χ0) is 16.9. The molecule has 0 saturated carbocycles. The first kappa shape index (κ1) is 23.2. The number of unbranched alkanes of at least 4 members (excludes halogenated alkanes) is 3. The fraction of sp³-hybridized carbons (Fsp3) is 0.700. The number of nitrogens with one attached hydrogen (secondary N) is 1. The molecule has 0 bridgehead atoms. The molecule has 2 unspecified atom stereocenters. The average molecular weight is 358 g/mol. The van der Waals surface area contributed by atoms with Crippen LogP contribution in [-0.2, 0) is 6.42 Å². The Bertz CT molecular complexity index is 397. The summed E-state index contributed by atoms with van der Waals surface area (Å²) in [5, 5.41) is 13.6. The van der Waals surface area contributed by atoms with Crippen LogP contribution < -0.4 is 10.1 Å². The molecule has 0 aliphatic carbocycles. The van der Waals surface area contributed by atoms with Gasteiger partial charge in [0.15, 0.2) is 0 Å². The number of aliphatic hydroxyl groups excluding tert-OH is 1. The number of ether oxygens (including phenoxy) is 1. The maximum atomic E-state index is 10.2. The highest BCUT2D eigenvalue weighted by molar-refractivity contribution is 5.85. The van der Waals surface area contributed by atoms with Gasteiger partial charge in [-0.2, -0.15) is 0 Å². The van der Waals surface area contributed by atoms with E-state index in [1.807, 2.05) is 12.1 Å². The Morgan fingerprint density at radius 3 is 2.33 bits per heavy atom. The van der Waals surface area contributed by atoms with Crippen molar-refractivity contribution in [3.05, 3.63) is 29.8 Å². The topological polar surface area (TPSA) is 41.5 Å². The number of aliphatic hydroxyl groups is 1. The number of hydrogen-bond donors (Lipinski definition) is 2. The van der Waals surface area contributed by atoms with E-state index in [-0.39, 0.29) is 18.5 Å². The van der Waals surface area contributed by atoms with Crippen LogP contribution in [0.4, 0.5) is 0 Å². The second-order valence-corrected chi connectivity index (χ2v) is 6.51. The standard InChI is InChI=1S/C20H35NO2.ClH/c1-4-6-8-9-17(3)21-16-19(22)15-18-10-12-20(13-11-18)23-14-7-5-2;/h10-13,17,19,21-22H,4-9,14-16H2,1-3H3;1H. The summed E-state index contributed by atoms with van der Waals surface area (Å²) in [4.78, 5) is 0. The Labute approximate surface area is 154 Å². The van der Waals surface area contributed by atoms with Crippen molar-refractivity contribution in [2.75, 3.05) is 13.2 Å². The number of benzene rings is 1. The van der Waals surface area contributed by atoms with Crippen LogP contribution in [0.15, 0.2) is 24.3 Å². The Balaban J connectivity index is 0.00000529. The summed E-state index contributed by atoms with van der Waals surface area (Å²) >= 11 is 0. The summed E-state index contributed by atoms with van der Waals surface area (Å²) in [7, 11) is 0. The minimum Gasteiger partial charge on any atom is -0.494 e. The number of halogens is 1. The largest absolute Gasteiger partial charge is 0.494 e. The van der Waals surface area contributed by atoms with Crippen LogP contribution in [0, 0.1) is 0 Å². The molecule has 0 aliphatic rings. The van der Waals surface area contributed by atoms with Crippen LogP contribution in [0.5, 0.6) is 5.75 Å². The molecule has 0 amide bonds. The van der Waals surface area contributed by atoms with Gasteiger partial charge in [-0.05, 0) is 43.9 Å². The van der Waals surface area contributed by atoms with Crippen molar-refractivity contribution in [1.29, 1.82) is 0 Å². The van der Waals surface area contributed by atoms with Gasteiger partial charge in [0.05, 0.1) is 12.7 Å². The van der Waals surface area contributed by atoms with E-state index in [1.165, 1.54) is 25.7 Å². The van der Waals surface area contributed by atoms with E-state index >= 15 is 0 Å². The molecule has 0 aromatic heterocycles. The van der Waals surface area contributed by atoms with Crippen LogP contribution in [0.25, 0.3) is 0 Å². The Kier molecular flexibility index (Phi) is 14.1. The van der Waals surface area contributed by atoms with Crippen molar-refractivity contribution in [1.82, 2.24) is 5.32 Å². The van der Waals surface area contributed by atoms with Crippen molar-refractivity contribution >= 4 is 12.4 Å². The predicted molar refractivity (Wildman–Crippen MR) is 105 cm³/mol. The van der Waals surface area contributed by atoms with Crippen LogP contribution in [0.1, 0.15) is 64.9 Å². The molecule has 2 atom stereocenters. The Morgan fingerprint density at radius 2 is 1.71 bits per heavy atom. The third-order valence-corrected chi connectivity index (χ3v) is 4.10. The van der Waals surface area contributed by atoms with Gasteiger partial charge < -0.3 is 15.2 Å². The second kappa shape index (κ2) is 14.6. The first-order chi connectivity index (χ1) is 11.2. The lowest BCUT2D eigenvalue weighted by atomic mass is 10.1. The van der Waals surface area contributed by atoms with Crippen molar-refractivity contribution in [3.63, 3.8) is 0 Å². The molecule has 24 heavy (non-hydrogen) atoms. The molecular formula is C20H36ClNO2. The monoisotopic (exact) mass is 357 g/mol. The molecule has 0 heterocycles. The van der Waals surface area contributed by atoms with Gasteiger partial charge in [-0.25, -0.2) is 0 Å². The molecule has 0 fully saturated rings. The molecular weight excluding hydrogens is 322 g/mol. The van der Waals surface area contributed by atoms with E-state index < -0.39 is 0 Å². The molecule has 2 N–H and O–H groups in total. The summed E-state index contributed by atoms with van der Waals surface area (Å²) in [6.45, 7) is 8.01. The van der Waals surface area contributed by atoms with Crippen LogP contribution in [-0.4, -0.2) is 30.4 Å². The summed E-state index contributed by atoms with van der Waals surface area (Å²) in [6, 6.07) is 8.58. The van der Waals surface area contributed by atoms with Gasteiger partial charge in [-0.15, -0.1) is 12.4 Å². The van der Waals surface area contributed by atoms with E-state index in [0.29, 0.717) is 19.0 Å². The maximum absolute atomic E-state index is 10.2. The lowest BCUT2D eigenvalue weighted by molar-refractivity contribution is 0.167. The van der Waals surface area contributed by atoms with E-state index in [0.717, 1.165) is 30.8 Å². The first-order valence-corrected chi connectivity index (χ1v) is 9.28. The van der Waals surface area contributed by atoms with Gasteiger partial charge in [-0.3, -0.25) is 0 Å². The van der Waals surface area contributed by atoms with Crippen LogP contribution >= 0.6 is 12.4 Å². The van der Waals surface area contributed by atoms with Crippen molar-refractivity contribution in [2.45, 2.75) is 77.9 Å². The molecule has 0 spiro atoms. The van der Waals surface area contributed by atoms with Gasteiger partial charge in [0.1, 0.15) is 5.75 Å². The third-order valence-electron chi connectivity index (χ3n) is 4.10. The van der Waals surface area contributed by atoms with E-state index in [2.05, 4.69) is 38.2 Å².